The topological polar surface area (TPSA) is 143 Å². The summed E-state index contributed by atoms with van der Waals surface area (Å²) in [6.45, 7) is 8.53. The summed E-state index contributed by atoms with van der Waals surface area (Å²) >= 11 is 2.28. The van der Waals surface area contributed by atoms with Crippen molar-refractivity contribution in [3.8, 4) is 27.2 Å². The van der Waals surface area contributed by atoms with Crippen LogP contribution in [0.1, 0.15) is 96.4 Å². The van der Waals surface area contributed by atoms with Crippen molar-refractivity contribution in [2.75, 3.05) is 13.6 Å². The zero-order chi connectivity index (χ0) is 40.2. The molecule has 55 heavy (non-hydrogen) atoms. The van der Waals surface area contributed by atoms with Crippen molar-refractivity contribution < 1.29 is 36.5 Å². The van der Waals surface area contributed by atoms with Gasteiger partial charge in [0.15, 0.2) is 5.69 Å². The summed E-state index contributed by atoms with van der Waals surface area (Å²) in [5.74, 6) is 0.717. The minimum absolute atomic E-state index is 0.0490. The van der Waals surface area contributed by atoms with Crippen LogP contribution in [0, 0.1) is 18.8 Å². The highest BCUT2D eigenvalue weighted by molar-refractivity contribution is 7.85. The summed E-state index contributed by atoms with van der Waals surface area (Å²) in [5, 5.41) is 6.86. The Bertz CT molecular complexity index is 1780. The Morgan fingerprint density at radius 2 is 1.75 bits per heavy atom. The summed E-state index contributed by atoms with van der Waals surface area (Å²) in [7, 11) is 0.633. The highest BCUT2D eigenvalue weighted by Gasteiger charge is 2.44. The quantitative estimate of drug-likeness (QED) is 0.0844. The normalized spacial score (nSPS) is 21.5. The number of pyridine rings is 1. The van der Waals surface area contributed by atoms with Gasteiger partial charge in [0.2, 0.25) is 18.7 Å². The standard InChI is InChI=1S/C31H36F3N5O3S2.C5H9NO2S.C2H6/c1-19-16-43-29(35-19)25-14-23(15-26(36-25)30-38-27(17-44-30)31(32,33)34)42-22-10-7-9-21(12-22)28(41)37-24-13-20(24)8-5-3-4-6-11-39(2)18-40;1-5(2-3-5)9(8)6-4-7;1-2/h5,8,14-18,20-22,24H,3-4,6-7,9-13H2,1-2H3,(H,37,41);4H,2-3H2,1H3,(H,6,7);1-2H3/b8-5-;;/t20-,21?,22+,24?;;/m1../s1. The first-order valence-electron chi connectivity index (χ1n) is 18.7. The predicted octanol–water partition coefficient (Wildman–Crippen LogP) is 7.89. The summed E-state index contributed by atoms with van der Waals surface area (Å²) in [5.41, 5.74) is 0.663. The van der Waals surface area contributed by atoms with Crippen LogP contribution in [-0.2, 0) is 31.5 Å². The van der Waals surface area contributed by atoms with Crippen LogP contribution in [0.2, 0.25) is 0 Å². The number of rotatable bonds is 16. The maximum atomic E-state index is 13.2. The van der Waals surface area contributed by atoms with E-state index < -0.39 is 22.9 Å². The highest BCUT2D eigenvalue weighted by atomic mass is 32.2. The van der Waals surface area contributed by atoms with Crippen molar-refractivity contribution in [1.29, 1.82) is 0 Å². The average Bonchev–Trinajstić information content (AvgIpc) is 3.95. The Kier molecular flexibility index (Phi) is 16.4. The number of aromatic nitrogens is 3. The molecule has 17 heteroatoms. The van der Waals surface area contributed by atoms with Crippen LogP contribution in [0.25, 0.3) is 21.4 Å². The number of carbonyl (C=O) groups is 3. The second-order valence-corrected chi connectivity index (χ2v) is 17.5. The molecule has 3 aromatic rings. The summed E-state index contributed by atoms with van der Waals surface area (Å²) in [6.07, 6.45) is 9.69. The molecule has 3 unspecified atom stereocenters. The number of amides is 3. The number of carbonyl (C=O) groups excluding carboxylic acids is 3. The number of allylic oxidation sites excluding steroid dienone is 1. The Morgan fingerprint density at radius 1 is 1.05 bits per heavy atom. The number of ether oxygens (including phenoxy) is 1. The van der Waals surface area contributed by atoms with E-state index in [-0.39, 0.29) is 39.4 Å². The molecule has 0 aromatic carbocycles. The van der Waals surface area contributed by atoms with E-state index in [1.165, 1.54) is 11.3 Å². The van der Waals surface area contributed by atoms with Gasteiger partial charge in [-0.15, -0.1) is 22.7 Å². The second-order valence-electron chi connectivity index (χ2n) is 14.0. The van der Waals surface area contributed by atoms with Crippen LogP contribution in [-0.4, -0.2) is 73.3 Å². The molecule has 302 valence electrons. The molecular formula is C38H51F3N6O5S3. The fourth-order valence-electron chi connectivity index (χ4n) is 5.86. The van der Waals surface area contributed by atoms with Crippen molar-refractivity contribution >= 4 is 52.4 Å². The maximum absolute atomic E-state index is 13.2. The van der Waals surface area contributed by atoms with Gasteiger partial charge < -0.3 is 15.0 Å². The van der Waals surface area contributed by atoms with Gasteiger partial charge in [-0.1, -0.05) is 26.0 Å². The molecule has 3 heterocycles. The minimum Gasteiger partial charge on any atom is -0.490 e. The van der Waals surface area contributed by atoms with Crippen LogP contribution in [0.4, 0.5) is 13.2 Å². The number of hydrogen-bond acceptors (Lipinski definition) is 10. The van der Waals surface area contributed by atoms with Crippen LogP contribution in [0.3, 0.4) is 0 Å². The number of nitrogens with one attached hydrogen (secondary N) is 2. The number of thiazole rings is 2. The lowest BCUT2D eigenvalue weighted by molar-refractivity contribution is -0.140. The number of alkyl halides is 3. The monoisotopic (exact) mass is 824 g/mol. The lowest BCUT2D eigenvalue weighted by Gasteiger charge is -2.29. The molecule has 6 rings (SSSR count). The van der Waals surface area contributed by atoms with Crippen LogP contribution in [0.15, 0.2) is 35.0 Å². The maximum Gasteiger partial charge on any atom is 0.434 e. The largest absolute Gasteiger partial charge is 0.490 e. The number of aryl methyl sites for hydroxylation is 1. The summed E-state index contributed by atoms with van der Waals surface area (Å²) < 4.78 is 59.1. The van der Waals surface area contributed by atoms with Gasteiger partial charge in [0.1, 0.15) is 38.1 Å². The van der Waals surface area contributed by atoms with Gasteiger partial charge in [-0.05, 0) is 84.0 Å². The molecule has 0 aliphatic heterocycles. The molecule has 3 aromatic heterocycles. The van der Waals surface area contributed by atoms with E-state index >= 15 is 0 Å². The Morgan fingerprint density at radius 3 is 2.35 bits per heavy atom. The number of unbranched alkanes of at least 4 members (excludes halogenated alkanes) is 2. The average molecular weight is 825 g/mol. The smallest absolute Gasteiger partial charge is 0.434 e. The second kappa shape index (κ2) is 20.5. The van der Waals surface area contributed by atoms with E-state index in [0.29, 0.717) is 35.2 Å². The molecule has 0 spiro atoms. The van der Waals surface area contributed by atoms with Gasteiger partial charge in [-0.2, -0.15) is 13.2 Å². The molecule has 3 saturated carbocycles. The number of halogens is 3. The molecular weight excluding hydrogens is 774 g/mol. The lowest BCUT2D eigenvalue weighted by atomic mass is 9.86. The van der Waals surface area contributed by atoms with Gasteiger partial charge in [0.05, 0.1) is 10.9 Å². The molecule has 3 aliphatic rings. The fourth-order valence-corrected chi connectivity index (χ4v) is 8.24. The van der Waals surface area contributed by atoms with Crippen molar-refractivity contribution in [2.45, 2.75) is 115 Å². The van der Waals surface area contributed by atoms with Gasteiger partial charge in [0, 0.05) is 54.1 Å². The van der Waals surface area contributed by atoms with Gasteiger partial charge >= 0.3 is 6.18 Å². The van der Waals surface area contributed by atoms with E-state index in [9.17, 15) is 31.8 Å². The van der Waals surface area contributed by atoms with E-state index in [1.807, 2.05) is 33.1 Å². The predicted molar refractivity (Wildman–Crippen MR) is 211 cm³/mol. The molecule has 3 fully saturated rings. The van der Waals surface area contributed by atoms with Crippen molar-refractivity contribution in [3.05, 3.63) is 46.4 Å². The molecule has 3 aliphatic carbocycles. The molecule has 2 N–H and O–H groups in total. The summed E-state index contributed by atoms with van der Waals surface area (Å²) in [4.78, 5) is 48.1. The van der Waals surface area contributed by atoms with Gasteiger partial charge in [0.25, 0.3) is 0 Å². The highest BCUT2D eigenvalue weighted by Crippen LogP contribution is 2.40. The molecule has 0 saturated heterocycles. The van der Waals surface area contributed by atoms with Crippen LogP contribution < -0.4 is 14.8 Å². The lowest BCUT2D eigenvalue weighted by Crippen LogP contribution is -2.38. The number of hydrogen-bond donors (Lipinski definition) is 2. The molecule has 5 atom stereocenters. The summed E-state index contributed by atoms with van der Waals surface area (Å²) in [6, 6.07) is 3.54. The van der Waals surface area contributed by atoms with Crippen LogP contribution >= 0.6 is 22.7 Å². The first kappa shape index (κ1) is 44.0. The molecule has 11 nitrogen and oxygen atoms in total. The third kappa shape index (κ3) is 13.5. The van der Waals surface area contributed by atoms with Crippen LogP contribution in [0.5, 0.6) is 5.75 Å². The van der Waals surface area contributed by atoms with E-state index in [2.05, 4.69) is 37.1 Å². The van der Waals surface area contributed by atoms with E-state index in [0.717, 1.165) is 93.2 Å². The first-order chi connectivity index (χ1) is 26.3. The molecule has 0 bridgehead atoms. The van der Waals surface area contributed by atoms with Gasteiger partial charge in [-0.25, -0.2) is 19.2 Å². The third-order valence-electron chi connectivity index (χ3n) is 9.37. The van der Waals surface area contributed by atoms with Crippen molar-refractivity contribution in [3.63, 3.8) is 0 Å². The zero-order valence-corrected chi connectivity index (χ0v) is 34.3. The fraction of sp³-hybridized carbons (Fsp3) is 0.579. The molecule has 3 amide bonds. The zero-order valence-electron chi connectivity index (χ0n) is 31.9. The number of nitrogens with zero attached hydrogens (tertiary/aromatic N) is 4. The van der Waals surface area contributed by atoms with Crippen molar-refractivity contribution in [2.24, 2.45) is 11.8 Å². The minimum atomic E-state index is -4.54. The Balaban J connectivity index is 0.000000531. The van der Waals surface area contributed by atoms with E-state index in [1.54, 1.807) is 24.1 Å². The molecule has 0 radical (unpaired) electrons. The SMILES string of the molecule is CC.CC1(S(=O)NC=O)CC1.Cc1csc(-c2cc(O[C@H]3CCCC(C(=O)NC4C[C@H]4/C=C\CCCCN(C)C=O)C3)cc(-c3nc(C(F)(F)F)cs3)n2)n1. The first-order valence-corrected chi connectivity index (χ1v) is 21.6. The van der Waals surface area contributed by atoms with E-state index in [4.69, 9.17) is 4.74 Å². The Labute approximate surface area is 331 Å². The Hall–Kier alpha value is -3.70. The third-order valence-corrected chi connectivity index (χ3v) is 12.8. The van der Waals surface area contributed by atoms with Crippen molar-refractivity contribution in [1.82, 2.24) is 29.9 Å². The van der Waals surface area contributed by atoms with Gasteiger partial charge in [-0.3, -0.25) is 19.1 Å².